The van der Waals surface area contributed by atoms with Gasteiger partial charge in [-0.15, -0.1) is 0 Å². The molecule has 0 spiro atoms. The number of urea groups is 1. The molecule has 192 valence electrons. The number of amides is 4. The maximum atomic E-state index is 12.6. The summed E-state index contributed by atoms with van der Waals surface area (Å²) in [7, 11) is 0. The Labute approximate surface area is 215 Å². The van der Waals surface area contributed by atoms with E-state index in [1.807, 2.05) is 60.7 Å². The molecule has 4 amide bonds. The fourth-order valence-electron chi connectivity index (χ4n) is 3.49. The molecule has 0 saturated carbocycles. The number of carbonyl (C=O) groups excluding carboxylic acids is 4. The molecule has 3 aromatic rings. The van der Waals surface area contributed by atoms with Crippen LogP contribution in [0.4, 0.5) is 10.5 Å². The average Bonchev–Trinajstić information content (AvgIpc) is 2.91. The van der Waals surface area contributed by atoms with Crippen molar-refractivity contribution < 1.29 is 23.9 Å². The van der Waals surface area contributed by atoms with Crippen molar-refractivity contribution in [1.82, 2.24) is 16.0 Å². The summed E-state index contributed by atoms with van der Waals surface area (Å²) < 4.78 is 5.08. The minimum atomic E-state index is -0.881. The van der Waals surface area contributed by atoms with Crippen LogP contribution in [0.1, 0.15) is 28.4 Å². The van der Waals surface area contributed by atoms with E-state index >= 15 is 0 Å². The van der Waals surface area contributed by atoms with E-state index in [1.54, 1.807) is 25.1 Å². The summed E-state index contributed by atoms with van der Waals surface area (Å²) in [6, 6.07) is 23.8. The molecule has 9 nitrogen and oxygen atoms in total. The van der Waals surface area contributed by atoms with Gasteiger partial charge in [0.05, 0.1) is 13.2 Å². The van der Waals surface area contributed by atoms with Crippen molar-refractivity contribution in [3.8, 4) is 0 Å². The molecule has 0 aliphatic rings. The molecule has 0 aliphatic carbocycles. The Morgan fingerprint density at radius 1 is 0.811 bits per heavy atom. The van der Waals surface area contributed by atoms with Gasteiger partial charge in [0.25, 0.3) is 5.91 Å². The van der Waals surface area contributed by atoms with Crippen LogP contribution in [0.15, 0.2) is 84.9 Å². The van der Waals surface area contributed by atoms with Crippen LogP contribution in [0.5, 0.6) is 0 Å². The summed E-state index contributed by atoms with van der Waals surface area (Å²) >= 11 is 0. The highest BCUT2D eigenvalue weighted by molar-refractivity contribution is 5.98. The van der Waals surface area contributed by atoms with Gasteiger partial charge in [-0.2, -0.15) is 0 Å². The third-order valence-corrected chi connectivity index (χ3v) is 5.28. The van der Waals surface area contributed by atoms with E-state index < -0.39 is 29.9 Å². The van der Waals surface area contributed by atoms with Crippen molar-refractivity contribution in [1.29, 1.82) is 0 Å². The fourth-order valence-corrected chi connectivity index (χ4v) is 3.49. The molecule has 9 heteroatoms. The first-order valence-corrected chi connectivity index (χ1v) is 11.9. The number of anilines is 1. The molecule has 0 aromatic heterocycles. The molecule has 0 bridgehead atoms. The highest BCUT2D eigenvalue weighted by atomic mass is 16.5. The first-order valence-electron chi connectivity index (χ1n) is 11.9. The number of rotatable bonds is 11. The van der Waals surface area contributed by atoms with Gasteiger partial charge in [-0.3, -0.25) is 9.59 Å². The van der Waals surface area contributed by atoms with Gasteiger partial charge < -0.3 is 26.0 Å². The largest absolute Gasteiger partial charge is 0.464 e. The Morgan fingerprint density at radius 2 is 1.49 bits per heavy atom. The van der Waals surface area contributed by atoms with E-state index in [-0.39, 0.29) is 25.1 Å². The molecule has 0 saturated heterocycles. The zero-order valence-corrected chi connectivity index (χ0v) is 20.5. The SMILES string of the molecule is CCOC(=O)C(Cc1ccccc1)NC(=O)CNC(=O)c1cccc(NC(=O)NCc2ccccc2)c1. The molecule has 1 atom stereocenters. The normalized spacial score (nSPS) is 11.1. The lowest BCUT2D eigenvalue weighted by Gasteiger charge is -2.17. The predicted molar refractivity (Wildman–Crippen MR) is 140 cm³/mol. The quantitative estimate of drug-likeness (QED) is 0.300. The fraction of sp³-hybridized carbons (Fsp3) is 0.214. The zero-order chi connectivity index (χ0) is 26.5. The second-order valence-corrected chi connectivity index (χ2v) is 8.12. The van der Waals surface area contributed by atoms with Crippen LogP contribution in [0.25, 0.3) is 0 Å². The molecule has 1 unspecified atom stereocenters. The molecule has 37 heavy (non-hydrogen) atoms. The molecule has 3 rings (SSSR count). The Balaban J connectivity index is 1.51. The zero-order valence-electron chi connectivity index (χ0n) is 20.5. The van der Waals surface area contributed by atoms with Gasteiger partial charge >= 0.3 is 12.0 Å². The van der Waals surface area contributed by atoms with Crippen LogP contribution in [0.2, 0.25) is 0 Å². The molecular formula is C28H30N4O5. The molecule has 0 radical (unpaired) electrons. The summed E-state index contributed by atoms with van der Waals surface area (Å²) in [6.07, 6.45) is 0.263. The Kier molecular flexibility index (Phi) is 10.2. The van der Waals surface area contributed by atoms with E-state index in [0.29, 0.717) is 12.2 Å². The number of esters is 1. The highest BCUT2D eigenvalue weighted by Crippen LogP contribution is 2.11. The Hall–Kier alpha value is -4.66. The monoisotopic (exact) mass is 502 g/mol. The van der Waals surface area contributed by atoms with Crippen LogP contribution in [-0.2, 0) is 27.3 Å². The number of benzene rings is 3. The maximum Gasteiger partial charge on any atom is 0.328 e. The smallest absolute Gasteiger partial charge is 0.328 e. The number of hydrogen-bond donors (Lipinski definition) is 4. The Morgan fingerprint density at radius 3 is 2.16 bits per heavy atom. The lowest BCUT2D eigenvalue weighted by atomic mass is 10.1. The maximum absolute atomic E-state index is 12.6. The van der Waals surface area contributed by atoms with Gasteiger partial charge in [0.2, 0.25) is 5.91 Å². The van der Waals surface area contributed by atoms with Gasteiger partial charge in [0.1, 0.15) is 6.04 Å². The molecule has 0 fully saturated rings. The molecule has 3 aromatic carbocycles. The predicted octanol–water partition coefficient (Wildman–Crippen LogP) is 3.03. The van der Waals surface area contributed by atoms with E-state index in [1.165, 1.54) is 6.07 Å². The molecule has 4 N–H and O–H groups in total. The van der Waals surface area contributed by atoms with Crippen molar-refractivity contribution in [2.75, 3.05) is 18.5 Å². The summed E-state index contributed by atoms with van der Waals surface area (Å²) in [5.41, 5.74) is 2.51. The van der Waals surface area contributed by atoms with Crippen molar-refractivity contribution in [3.63, 3.8) is 0 Å². The standard InChI is InChI=1S/C28H30N4O5/c1-2-37-27(35)24(16-20-10-5-3-6-11-20)32-25(33)19-29-26(34)22-14-9-15-23(17-22)31-28(36)30-18-21-12-7-4-8-13-21/h3-15,17,24H,2,16,18-19H2,1H3,(H,29,34)(H,32,33)(H2,30,31,36). The first-order chi connectivity index (χ1) is 17.9. The van der Waals surface area contributed by atoms with Crippen LogP contribution < -0.4 is 21.3 Å². The number of nitrogens with one attached hydrogen (secondary N) is 4. The summed E-state index contributed by atoms with van der Waals surface area (Å²) in [5, 5.41) is 10.6. The van der Waals surface area contributed by atoms with Crippen LogP contribution >= 0.6 is 0 Å². The molecule has 0 aliphatic heterocycles. The van der Waals surface area contributed by atoms with Crippen molar-refractivity contribution in [2.24, 2.45) is 0 Å². The topological polar surface area (TPSA) is 126 Å². The minimum absolute atomic E-state index is 0.186. The average molecular weight is 503 g/mol. The first kappa shape index (κ1) is 26.9. The highest BCUT2D eigenvalue weighted by Gasteiger charge is 2.22. The third kappa shape index (κ3) is 9.14. The van der Waals surface area contributed by atoms with Gasteiger partial charge in [-0.1, -0.05) is 66.7 Å². The van der Waals surface area contributed by atoms with Gasteiger partial charge in [0, 0.05) is 24.2 Å². The number of hydrogen-bond acceptors (Lipinski definition) is 5. The van der Waals surface area contributed by atoms with E-state index in [9.17, 15) is 19.2 Å². The van der Waals surface area contributed by atoms with Crippen LogP contribution in [0, 0.1) is 0 Å². The van der Waals surface area contributed by atoms with Crippen molar-refractivity contribution in [2.45, 2.75) is 25.9 Å². The van der Waals surface area contributed by atoms with Crippen molar-refractivity contribution >= 4 is 29.5 Å². The van der Waals surface area contributed by atoms with Crippen LogP contribution in [-0.4, -0.2) is 43.0 Å². The lowest BCUT2D eigenvalue weighted by Crippen LogP contribution is -2.47. The minimum Gasteiger partial charge on any atom is -0.464 e. The van der Waals surface area contributed by atoms with E-state index in [4.69, 9.17) is 4.74 Å². The third-order valence-electron chi connectivity index (χ3n) is 5.28. The second kappa shape index (κ2) is 14.0. The Bertz CT molecular complexity index is 1200. The molecule has 0 heterocycles. The van der Waals surface area contributed by atoms with Gasteiger partial charge in [-0.05, 0) is 36.2 Å². The van der Waals surface area contributed by atoms with Crippen LogP contribution in [0.3, 0.4) is 0 Å². The number of ether oxygens (including phenoxy) is 1. The van der Waals surface area contributed by atoms with E-state index in [0.717, 1.165) is 11.1 Å². The second-order valence-electron chi connectivity index (χ2n) is 8.12. The van der Waals surface area contributed by atoms with Gasteiger partial charge in [0.15, 0.2) is 0 Å². The van der Waals surface area contributed by atoms with Crippen molar-refractivity contribution in [3.05, 3.63) is 102 Å². The summed E-state index contributed by atoms with van der Waals surface area (Å²) in [5.74, 6) is -1.58. The molecular weight excluding hydrogens is 472 g/mol. The lowest BCUT2D eigenvalue weighted by molar-refractivity contribution is -0.147. The van der Waals surface area contributed by atoms with E-state index in [2.05, 4.69) is 21.3 Å². The summed E-state index contributed by atoms with van der Waals surface area (Å²) in [4.78, 5) is 49.6. The van der Waals surface area contributed by atoms with Gasteiger partial charge in [-0.25, -0.2) is 9.59 Å². The number of carbonyl (C=O) groups is 4. The summed E-state index contributed by atoms with van der Waals surface area (Å²) in [6.45, 7) is 1.90.